The summed E-state index contributed by atoms with van der Waals surface area (Å²) in [4.78, 5) is 14.0. The zero-order chi connectivity index (χ0) is 24.4. The molecule has 3 aliphatic rings. The van der Waals surface area contributed by atoms with Gasteiger partial charge in [0.25, 0.3) is 0 Å². The number of nitrogens with zero attached hydrogens (tertiary/aromatic N) is 1. The highest BCUT2D eigenvalue weighted by molar-refractivity contribution is 5.79. The molecule has 192 valence electrons. The van der Waals surface area contributed by atoms with Gasteiger partial charge in [0.05, 0.1) is 37.5 Å². The number of rotatable bonds is 6. The van der Waals surface area contributed by atoms with Crippen LogP contribution in [0.1, 0.15) is 52.9 Å². The molecule has 33 heavy (non-hydrogen) atoms. The summed E-state index contributed by atoms with van der Waals surface area (Å²) in [5, 5.41) is 9.27. The Balaban J connectivity index is 1.67. The topological polar surface area (TPSA) is 91.7 Å². The number of carbonyl (C=O) groups is 1. The Labute approximate surface area is 193 Å². The van der Waals surface area contributed by atoms with E-state index in [9.17, 15) is 18.0 Å². The van der Waals surface area contributed by atoms with Gasteiger partial charge in [-0.3, -0.25) is 25.6 Å². The second-order valence-electron chi connectivity index (χ2n) is 10.9. The van der Waals surface area contributed by atoms with Crippen LogP contribution in [0.2, 0.25) is 0 Å². The van der Waals surface area contributed by atoms with E-state index in [1.54, 1.807) is 0 Å². The lowest BCUT2D eigenvalue weighted by Crippen LogP contribution is -2.72. The zero-order valence-electron chi connectivity index (χ0n) is 19.8. The molecule has 0 aromatic rings. The molecule has 0 aromatic heterocycles. The van der Waals surface area contributed by atoms with Crippen molar-refractivity contribution in [3.63, 3.8) is 0 Å². The van der Waals surface area contributed by atoms with Gasteiger partial charge in [0, 0.05) is 19.3 Å². The van der Waals surface area contributed by atoms with E-state index in [0.29, 0.717) is 45.7 Å². The third kappa shape index (κ3) is 7.00. The molecule has 0 spiro atoms. The number of nitrogens with two attached hydrogens (primary N) is 1. The third-order valence-electron chi connectivity index (χ3n) is 7.14. The minimum atomic E-state index is -4.16. The summed E-state index contributed by atoms with van der Waals surface area (Å²) in [6, 6.07) is -0.832. The number of hydrogen-bond acceptors (Lipinski definition) is 6. The van der Waals surface area contributed by atoms with E-state index >= 15 is 4.39 Å². The van der Waals surface area contributed by atoms with E-state index in [1.807, 2.05) is 25.7 Å². The molecule has 1 saturated carbocycles. The first-order chi connectivity index (χ1) is 15.4. The number of ether oxygens (including phenoxy) is 1. The Bertz CT molecular complexity index is 652. The lowest BCUT2D eigenvalue weighted by molar-refractivity contribution is -0.187. The summed E-state index contributed by atoms with van der Waals surface area (Å²) in [7, 11) is 0. The second-order valence-corrected chi connectivity index (χ2v) is 10.9. The Morgan fingerprint density at radius 1 is 1.18 bits per heavy atom. The van der Waals surface area contributed by atoms with Gasteiger partial charge in [-0.25, -0.2) is 4.39 Å². The monoisotopic (exact) mass is 481 g/mol. The van der Waals surface area contributed by atoms with Crippen molar-refractivity contribution in [2.45, 2.75) is 89.6 Å². The number of alkyl halides is 4. The molecule has 0 bridgehead atoms. The molecule has 2 heterocycles. The maximum Gasteiger partial charge on any atom is 0.391 e. The molecular weight excluding hydrogens is 442 g/mol. The van der Waals surface area contributed by atoms with Crippen molar-refractivity contribution < 1.29 is 27.1 Å². The van der Waals surface area contributed by atoms with Gasteiger partial charge in [0.2, 0.25) is 5.91 Å². The van der Waals surface area contributed by atoms with Crippen molar-refractivity contribution >= 4 is 5.91 Å². The Morgan fingerprint density at radius 2 is 1.85 bits per heavy atom. The van der Waals surface area contributed by atoms with Crippen molar-refractivity contribution in [3.05, 3.63) is 0 Å². The first-order valence-electron chi connectivity index (χ1n) is 11.9. The molecule has 2 saturated heterocycles. The average Bonchev–Trinajstić information content (AvgIpc) is 2.73. The molecule has 7 nitrogen and oxygen atoms in total. The summed E-state index contributed by atoms with van der Waals surface area (Å²) in [6.45, 7) is 7.61. The first kappa shape index (κ1) is 26.6. The summed E-state index contributed by atoms with van der Waals surface area (Å²) in [5.41, 5.74) is 5.40. The van der Waals surface area contributed by atoms with Crippen LogP contribution in [0.25, 0.3) is 0 Å². The van der Waals surface area contributed by atoms with Gasteiger partial charge >= 0.3 is 6.18 Å². The van der Waals surface area contributed by atoms with E-state index in [0.717, 1.165) is 0 Å². The van der Waals surface area contributed by atoms with Gasteiger partial charge in [-0.2, -0.15) is 13.2 Å². The molecule has 0 radical (unpaired) electrons. The highest BCUT2D eigenvalue weighted by Gasteiger charge is 2.47. The van der Waals surface area contributed by atoms with Crippen LogP contribution in [0.3, 0.4) is 0 Å². The Kier molecular flexibility index (Phi) is 8.64. The fraction of sp³-hybridized carbons (Fsp3) is 0.955. The quantitative estimate of drug-likeness (QED) is 0.435. The van der Waals surface area contributed by atoms with Crippen molar-refractivity contribution in [2.24, 2.45) is 23.0 Å². The van der Waals surface area contributed by atoms with Crippen LogP contribution in [-0.4, -0.2) is 74.0 Å². The summed E-state index contributed by atoms with van der Waals surface area (Å²) >= 11 is 0. The van der Waals surface area contributed by atoms with Crippen LogP contribution in [0.15, 0.2) is 0 Å². The van der Waals surface area contributed by atoms with Crippen molar-refractivity contribution in [1.29, 1.82) is 0 Å². The minimum Gasteiger partial charge on any atom is -0.378 e. The largest absolute Gasteiger partial charge is 0.391 e. The number of hydrogen-bond donors (Lipinski definition) is 4. The van der Waals surface area contributed by atoms with Gasteiger partial charge < -0.3 is 10.5 Å². The van der Waals surface area contributed by atoms with E-state index in [-0.39, 0.29) is 30.2 Å². The van der Waals surface area contributed by atoms with Crippen LogP contribution in [0.4, 0.5) is 17.6 Å². The van der Waals surface area contributed by atoms with E-state index in [1.165, 1.54) is 0 Å². The van der Waals surface area contributed by atoms with E-state index in [2.05, 4.69) is 16.0 Å². The molecule has 3 fully saturated rings. The molecule has 2 aliphatic heterocycles. The summed E-state index contributed by atoms with van der Waals surface area (Å²) in [6.07, 6.45) is -5.38. The number of carbonyl (C=O) groups excluding carboxylic acids is 1. The lowest BCUT2D eigenvalue weighted by Gasteiger charge is -2.49. The molecule has 5 atom stereocenters. The first-order valence-corrected chi connectivity index (χ1v) is 11.9. The molecule has 5 N–H and O–H groups in total. The van der Waals surface area contributed by atoms with Gasteiger partial charge in [-0.15, -0.1) is 0 Å². The molecule has 4 unspecified atom stereocenters. The van der Waals surface area contributed by atoms with Crippen molar-refractivity contribution in [2.75, 3.05) is 26.4 Å². The van der Waals surface area contributed by atoms with Gasteiger partial charge in [-0.05, 0) is 43.4 Å². The standard InChI is InChI=1S/C22H39F4N5O2/c1-21(2,3)10-15(18(27)32)30-19-17(23)20(29-12-28-19)31-8-9-33-11-16(31)13-4-6-14(7-5-13)22(24,25)26/h13-17,19-20,28-30H,4-12H2,1-3H3,(H2,27,32)/t13?,14?,15-,16?,17?,19?,20?/m1/s1. The maximum atomic E-state index is 15.7. The number of halogens is 4. The highest BCUT2D eigenvalue weighted by atomic mass is 19.4. The van der Waals surface area contributed by atoms with Crippen LogP contribution in [0, 0.1) is 17.3 Å². The highest BCUT2D eigenvalue weighted by Crippen LogP contribution is 2.42. The van der Waals surface area contributed by atoms with E-state index < -0.39 is 42.5 Å². The minimum absolute atomic E-state index is 0.0263. The third-order valence-corrected chi connectivity index (χ3v) is 7.14. The molecular formula is C22H39F4N5O2. The number of amides is 1. The molecule has 11 heteroatoms. The van der Waals surface area contributed by atoms with Crippen LogP contribution in [-0.2, 0) is 9.53 Å². The van der Waals surface area contributed by atoms with Gasteiger partial charge in [0.15, 0.2) is 6.17 Å². The lowest BCUT2D eigenvalue weighted by atomic mass is 9.77. The van der Waals surface area contributed by atoms with Crippen molar-refractivity contribution in [1.82, 2.24) is 20.9 Å². The predicted molar refractivity (Wildman–Crippen MR) is 117 cm³/mol. The summed E-state index contributed by atoms with van der Waals surface area (Å²) < 4.78 is 60.7. The number of primary amides is 1. The predicted octanol–water partition coefficient (Wildman–Crippen LogP) is 2.08. The fourth-order valence-corrected chi connectivity index (χ4v) is 5.42. The van der Waals surface area contributed by atoms with Crippen LogP contribution < -0.4 is 21.7 Å². The number of nitrogens with one attached hydrogen (secondary N) is 3. The molecule has 1 aliphatic carbocycles. The smallest absolute Gasteiger partial charge is 0.378 e. The average molecular weight is 482 g/mol. The number of morpholine rings is 1. The summed E-state index contributed by atoms with van der Waals surface area (Å²) in [5.74, 6) is -1.75. The fourth-order valence-electron chi connectivity index (χ4n) is 5.42. The van der Waals surface area contributed by atoms with Gasteiger partial charge in [0.1, 0.15) is 0 Å². The Hall–Kier alpha value is -1.01. The molecule has 3 rings (SSSR count). The molecule has 0 aromatic carbocycles. The SMILES string of the molecule is CC(C)(C)C[C@@H](NC1NCNC(N2CCOCC2C2CCC(C(F)(F)F)CC2)C1F)C(N)=O. The zero-order valence-corrected chi connectivity index (χ0v) is 19.8. The Morgan fingerprint density at radius 3 is 2.42 bits per heavy atom. The van der Waals surface area contributed by atoms with Crippen molar-refractivity contribution in [3.8, 4) is 0 Å². The molecule has 1 amide bonds. The van der Waals surface area contributed by atoms with Gasteiger partial charge in [-0.1, -0.05) is 20.8 Å². The van der Waals surface area contributed by atoms with E-state index in [4.69, 9.17) is 10.5 Å². The van der Waals surface area contributed by atoms with Crippen LogP contribution in [0.5, 0.6) is 0 Å². The normalized spacial score (nSPS) is 35.8. The van der Waals surface area contributed by atoms with Crippen LogP contribution >= 0.6 is 0 Å². The maximum absolute atomic E-state index is 15.7. The second kappa shape index (κ2) is 10.7.